The van der Waals surface area contributed by atoms with Crippen LogP contribution in [0.15, 0.2) is 36.7 Å². The van der Waals surface area contributed by atoms with E-state index in [1.807, 2.05) is 41.1 Å². The molecule has 0 saturated carbocycles. The number of pyridine rings is 1. The molecule has 1 aromatic carbocycles. The van der Waals surface area contributed by atoms with E-state index in [1.54, 1.807) is 13.4 Å². The van der Waals surface area contributed by atoms with Crippen molar-refractivity contribution in [1.82, 2.24) is 19.2 Å². The molecule has 0 radical (unpaired) electrons. The van der Waals surface area contributed by atoms with Gasteiger partial charge < -0.3 is 19.7 Å². The van der Waals surface area contributed by atoms with Gasteiger partial charge >= 0.3 is 0 Å². The molecular weight excluding hydrogens is 478 g/mol. The molecule has 3 aromatic rings. The first-order valence-corrected chi connectivity index (χ1v) is 13.8. The maximum atomic E-state index is 11.8. The zero-order valence-electron chi connectivity index (χ0n) is 21.2. The summed E-state index contributed by atoms with van der Waals surface area (Å²) in [6.07, 6.45) is 5.93. The Hall–Kier alpha value is -3.11. The van der Waals surface area contributed by atoms with Crippen molar-refractivity contribution in [2.45, 2.75) is 26.4 Å². The Morgan fingerprint density at radius 1 is 1.14 bits per heavy atom. The summed E-state index contributed by atoms with van der Waals surface area (Å²) in [5.41, 5.74) is 4.95. The zero-order chi connectivity index (χ0) is 25.4. The highest BCUT2D eigenvalue weighted by atomic mass is 32.2. The lowest BCUT2D eigenvalue weighted by Crippen LogP contribution is -2.46. The number of aryl methyl sites for hydroxylation is 1. The third kappa shape index (κ3) is 4.79. The molecule has 5 rings (SSSR count). The summed E-state index contributed by atoms with van der Waals surface area (Å²) in [7, 11) is 0.744. The van der Waals surface area contributed by atoms with Crippen LogP contribution in [-0.2, 0) is 15.8 Å². The Balaban J connectivity index is 1.45. The van der Waals surface area contributed by atoms with Crippen LogP contribution in [-0.4, -0.2) is 76.2 Å². The van der Waals surface area contributed by atoms with Gasteiger partial charge in [0.1, 0.15) is 23.1 Å². The number of nitrogens with zero attached hydrogens (tertiary/aromatic N) is 4. The Kier molecular flexibility index (Phi) is 6.90. The van der Waals surface area contributed by atoms with Crippen LogP contribution in [0.3, 0.4) is 0 Å². The topological polar surface area (TPSA) is 88.4 Å². The number of fused-ring (bicyclic) bond motifs is 1. The molecule has 3 unspecified atom stereocenters. The Morgan fingerprint density at radius 2 is 1.89 bits per heavy atom. The molecule has 3 atom stereocenters. The normalized spacial score (nSPS) is 20.4. The van der Waals surface area contributed by atoms with Gasteiger partial charge in [0.15, 0.2) is 0 Å². The molecule has 10 heteroatoms. The minimum absolute atomic E-state index is 0.0754. The number of benzene rings is 1. The number of aromatic nitrogens is 2. The summed E-state index contributed by atoms with van der Waals surface area (Å²) < 4.78 is 27.9. The number of hydrogen-bond acceptors (Lipinski definition) is 6. The predicted molar refractivity (Wildman–Crippen MR) is 141 cm³/mol. The lowest BCUT2D eigenvalue weighted by atomic mass is 10.0. The van der Waals surface area contributed by atoms with E-state index in [9.17, 15) is 9.00 Å². The second-order valence-electron chi connectivity index (χ2n) is 9.53. The van der Waals surface area contributed by atoms with Crippen LogP contribution in [0.2, 0.25) is 0 Å². The Bertz CT molecular complexity index is 1300. The number of carbonyl (C=O) groups excluding carboxylic acids is 1. The van der Waals surface area contributed by atoms with Crippen molar-refractivity contribution in [3.05, 3.63) is 42.2 Å². The van der Waals surface area contributed by atoms with Crippen molar-refractivity contribution in [2.75, 3.05) is 51.0 Å². The van der Waals surface area contributed by atoms with Gasteiger partial charge in [0, 0.05) is 63.1 Å². The van der Waals surface area contributed by atoms with Crippen molar-refractivity contribution >= 4 is 28.1 Å². The van der Waals surface area contributed by atoms with E-state index in [4.69, 9.17) is 9.47 Å². The van der Waals surface area contributed by atoms with Crippen molar-refractivity contribution < 1.29 is 18.5 Å². The molecule has 4 heterocycles. The molecule has 1 N–H and O–H groups in total. The second-order valence-corrected chi connectivity index (χ2v) is 10.9. The quantitative estimate of drug-likeness (QED) is 0.525. The van der Waals surface area contributed by atoms with Crippen LogP contribution in [0.4, 0.5) is 5.69 Å². The van der Waals surface area contributed by atoms with Crippen molar-refractivity contribution in [2.24, 2.45) is 5.92 Å². The largest absolute Gasteiger partial charge is 0.495 e. The fraction of sp³-hybridized carbons (Fsp3) is 0.462. The number of piperazine rings is 1. The summed E-state index contributed by atoms with van der Waals surface area (Å²) >= 11 is 0. The average Bonchev–Trinajstić information content (AvgIpc) is 3.49. The minimum atomic E-state index is -0.944. The summed E-state index contributed by atoms with van der Waals surface area (Å²) in [6.45, 7) is 7.77. The first kappa shape index (κ1) is 24.6. The van der Waals surface area contributed by atoms with E-state index in [2.05, 4.69) is 33.5 Å². The van der Waals surface area contributed by atoms with Gasteiger partial charge in [0.05, 0.1) is 30.0 Å². The first-order valence-electron chi connectivity index (χ1n) is 12.3. The number of nitrogens with one attached hydrogen (secondary N) is 1. The molecule has 0 spiro atoms. The fourth-order valence-corrected chi connectivity index (χ4v) is 5.72. The van der Waals surface area contributed by atoms with E-state index < -0.39 is 11.0 Å². The maximum absolute atomic E-state index is 11.8. The van der Waals surface area contributed by atoms with Gasteiger partial charge in [-0.2, -0.15) is 5.10 Å². The van der Waals surface area contributed by atoms with Crippen LogP contribution in [0.25, 0.3) is 16.6 Å². The Morgan fingerprint density at radius 3 is 2.56 bits per heavy atom. The van der Waals surface area contributed by atoms with Gasteiger partial charge in [0.25, 0.3) is 0 Å². The minimum Gasteiger partial charge on any atom is -0.495 e. The highest BCUT2D eigenvalue weighted by molar-refractivity contribution is 7.81. The number of amides is 1. The van der Waals surface area contributed by atoms with E-state index in [-0.39, 0.29) is 17.9 Å². The number of carbonyl (C=O) groups is 1. The number of hydrogen-bond donors (Lipinski definition) is 1. The summed E-state index contributed by atoms with van der Waals surface area (Å²) in [5, 5.41) is 7.44. The standard InChI is InChI=1S/C26H33N5O4S/c1-17-14-28-31-16-21(12-24(26(17)31)35-18(2)20-13-25(32)27-15-20)19-5-6-22(23(11-19)34-3)29-7-9-30(10-8-29)36(4)33/h5-6,11-12,14,16,18,20H,7-10,13,15H2,1-4H3,(H,27,32). The molecule has 0 bridgehead atoms. The maximum Gasteiger partial charge on any atom is 0.220 e. The van der Waals surface area contributed by atoms with Crippen LogP contribution < -0.4 is 19.7 Å². The van der Waals surface area contributed by atoms with Crippen molar-refractivity contribution in [3.63, 3.8) is 0 Å². The van der Waals surface area contributed by atoms with Crippen LogP contribution in [0.5, 0.6) is 11.5 Å². The van der Waals surface area contributed by atoms with Gasteiger partial charge in [-0.3, -0.25) is 4.79 Å². The monoisotopic (exact) mass is 511 g/mol. The SMILES string of the molecule is COc1cc(-c2cc(OC(C)C3CNC(=O)C3)c3c(C)cnn3c2)ccc1N1CCN(S(C)=O)CC1. The van der Waals surface area contributed by atoms with E-state index in [0.29, 0.717) is 13.0 Å². The van der Waals surface area contributed by atoms with E-state index in [0.717, 1.165) is 65.6 Å². The molecule has 2 fully saturated rings. The zero-order valence-corrected chi connectivity index (χ0v) is 22.0. The van der Waals surface area contributed by atoms with E-state index in [1.165, 1.54) is 0 Å². The number of rotatable bonds is 7. The van der Waals surface area contributed by atoms with Crippen molar-refractivity contribution in [1.29, 1.82) is 0 Å². The smallest absolute Gasteiger partial charge is 0.220 e. The van der Waals surface area contributed by atoms with Crippen molar-refractivity contribution in [3.8, 4) is 22.6 Å². The van der Waals surface area contributed by atoms with Gasteiger partial charge in [-0.05, 0) is 43.2 Å². The number of ether oxygens (including phenoxy) is 2. The molecule has 2 aliphatic rings. The summed E-state index contributed by atoms with van der Waals surface area (Å²) in [6, 6.07) is 8.27. The predicted octanol–water partition coefficient (Wildman–Crippen LogP) is 2.64. The number of methoxy groups -OCH3 is 1. The summed E-state index contributed by atoms with van der Waals surface area (Å²) in [4.78, 5) is 14.0. The molecule has 2 aliphatic heterocycles. The van der Waals surface area contributed by atoms with Gasteiger partial charge in [-0.1, -0.05) is 6.07 Å². The van der Waals surface area contributed by atoms with Crippen LogP contribution in [0.1, 0.15) is 18.9 Å². The molecule has 2 aromatic heterocycles. The molecule has 0 aliphatic carbocycles. The molecule has 2 saturated heterocycles. The highest BCUT2D eigenvalue weighted by Crippen LogP contribution is 2.37. The van der Waals surface area contributed by atoms with Gasteiger partial charge in [-0.15, -0.1) is 0 Å². The highest BCUT2D eigenvalue weighted by Gasteiger charge is 2.29. The molecular formula is C26H33N5O4S. The summed E-state index contributed by atoms with van der Waals surface area (Å²) in [5.74, 6) is 1.75. The molecule has 1 amide bonds. The van der Waals surface area contributed by atoms with Crippen LogP contribution in [0, 0.1) is 12.8 Å². The third-order valence-corrected chi connectivity index (χ3v) is 8.29. The molecule has 36 heavy (non-hydrogen) atoms. The Labute approximate surface area is 213 Å². The number of anilines is 1. The van der Waals surface area contributed by atoms with Crippen LogP contribution >= 0.6 is 0 Å². The van der Waals surface area contributed by atoms with Gasteiger partial charge in [-0.25, -0.2) is 13.0 Å². The van der Waals surface area contributed by atoms with Gasteiger partial charge in [0.2, 0.25) is 5.91 Å². The molecule has 192 valence electrons. The fourth-order valence-electron chi connectivity index (χ4n) is 5.04. The lowest BCUT2D eigenvalue weighted by Gasteiger charge is -2.35. The molecule has 9 nitrogen and oxygen atoms in total. The second kappa shape index (κ2) is 10.1. The first-order chi connectivity index (χ1) is 17.3. The third-order valence-electron chi connectivity index (χ3n) is 7.20. The lowest BCUT2D eigenvalue weighted by molar-refractivity contribution is -0.119. The van der Waals surface area contributed by atoms with E-state index >= 15 is 0 Å². The average molecular weight is 512 g/mol.